The number of nitrogens with zero attached hydrogens (tertiary/aromatic N) is 1. The normalized spacial score (nSPS) is 21.5. The van der Waals surface area contributed by atoms with Crippen molar-refractivity contribution >= 4 is 0 Å². The summed E-state index contributed by atoms with van der Waals surface area (Å²) >= 11 is 0. The molecule has 1 heterocycles. The van der Waals surface area contributed by atoms with Gasteiger partial charge in [0.05, 0.1) is 6.10 Å². The zero-order chi connectivity index (χ0) is 9.68. The third-order valence-corrected chi connectivity index (χ3v) is 2.73. The Morgan fingerprint density at radius 3 is 2.69 bits per heavy atom. The van der Waals surface area contributed by atoms with Crippen molar-refractivity contribution in [1.29, 1.82) is 0 Å². The van der Waals surface area contributed by atoms with E-state index in [1.54, 1.807) is 0 Å². The maximum Gasteiger partial charge on any atom is 0.0793 e. The van der Waals surface area contributed by atoms with Crippen LogP contribution in [0.1, 0.15) is 26.2 Å². The lowest BCUT2D eigenvalue weighted by Gasteiger charge is -2.38. The third-order valence-electron chi connectivity index (χ3n) is 2.73. The van der Waals surface area contributed by atoms with E-state index in [9.17, 15) is 0 Å². The highest BCUT2D eigenvalue weighted by Crippen LogP contribution is 2.10. The van der Waals surface area contributed by atoms with Gasteiger partial charge in [0.25, 0.3) is 0 Å². The average Bonchev–Trinajstić information content (AvgIpc) is 2.08. The van der Waals surface area contributed by atoms with Crippen LogP contribution in [0.15, 0.2) is 0 Å². The van der Waals surface area contributed by atoms with Crippen molar-refractivity contribution in [3.8, 4) is 0 Å². The predicted octanol–water partition coefficient (Wildman–Crippen LogP) is 0.441. The number of hydrogen-bond acceptors (Lipinski definition) is 3. The first kappa shape index (κ1) is 11.0. The lowest BCUT2D eigenvalue weighted by molar-refractivity contribution is -0.00302. The molecule has 0 spiro atoms. The molecule has 2 N–H and O–H groups in total. The van der Waals surface area contributed by atoms with E-state index >= 15 is 0 Å². The van der Waals surface area contributed by atoms with Crippen LogP contribution >= 0.6 is 0 Å². The molecule has 0 aromatic carbocycles. The molecule has 0 aromatic rings. The number of rotatable bonds is 6. The molecule has 1 atom stereocenters. The number of likely N-dealkylation sites (tertiary alicyclic amines) is 1. The molecule has 3 heteroatoms. The van der Waals surface area contributed by atoms with Gasteiger partial charge in [0.1, 0.15) is 0 Å². The molecule has 0 radical (unpaired) electrons. The van der Waals surface area contributed by atoms with Crippen LogP contribution in [0, 0.1) is 0 Å². The van der Waals surface area contributed by atoms with Gasteiger partial charge in [-0.15, -0.1) is 0 Å². The van der Waals surface area contributed by atoms with Crippen molar-refractivity contribution in [2.45, 2.75) is 38.3 Å². The van der Waals surface area contributed by atoms with Gasteiger partial charge in [-0.3, -0.25) is 4.90 Å². The minimum absolute atomic E-state index is 0.0660. The molecule has 1 aliphatic heterocycles. The fraction of sp³-hybridized carbons (Fsp3) is 1.00. The van der Waals surface area contributed by atoms with Gasteiger partial charge in [-0.25, -0.2) is 0 Å². The first-order valence-corrected chi connectivity index (χ1v) is 5.34. The molecule has 0 unspecified atom stereocenters. The predicted molar refractivity (Wildman–Crippen MR) is 54.8 cm³/mol. The van der Waals surface area contributed by atoms with Crippen molar-refractivity contribution in [2.24, 2.45) is 0 Å². The van der Waals surface area contributed by atoms with E-state index in [-0.39, 0.29) is 6.10 Å². The van der Waals surface area contributed by atoms with Crippen LogP contribution in [0.4, 0.5) is 0 Å². The molecule has 0 amide bonds. The summed E-state index contributed by atoms with van der Waals surface area (Å²) in [5.41, 5.74) is 0. The summed E-state index contributed by atoms with van der Waals surface area (Å²) in [4.78, 5) is 2.31. The Kier molecular flexibility index (Phi) is 4.70. The SMILES string of the molecule is CCCC[C@@H](CN1CC(O)C1)NC. The van der Waals surface area contributed by atoms with E-state index < -0.39 is 0 Å². The van der Waals surface area contributed by atoms with Crippen molar-refractivity contribution in [2.75, 3.05) is 26.7 Å². The van der Waals surface area contributed by atoms with E-state index in [0.29, 0.717) is 6.04 Å². The molecule has 1 fully saturated rings. The number of aliphatic hydroxyl groups is 1. The van der Waals surface area contributed by atoms with E-state index in [2.05, 4.69) is 17.1 Å². The summed E-state index contributed by atoms with van der Waals surface area (Å²) in [6.45, 7) is 5.04. The van der Waals surface area contributed by atoms with Crippen LogP contribution in [0.2, 0.25) is 0 Å². The monoisotopic (exact) mass is 186 g/mol. The molecule has 3 nitrogen and oxygen atoms in total. The summed E-state index contributed by atoms with van der Waals surface area (Å²) in [5.74, 6) is 0. The molecular weight excluding hydrogens is 164 g/mol. The van der Waals surface area contributed by atoms with Crippen molar-refractivity contribution < 1.29 is 5.11 Å². The molecule has 0 aromatic heterocycles. The Hall–Kier alpha value is -0.120. The largest absolute Gasteiger partial charge is 0.390 e. The second-order valence-corrected chi connectivity index (χ2v) is 4.00. The Balaban J connectivity index is 2.09. The van der Waals surface area contributed by atoms with E-state index in [1.165, 1.54) is 19.3 Å². The van der Waals surface area contributed by atoms with Gasteiger partial charge in [-0.05, 0) is 13.5 Å². The Labute approximate surface area is 81.1 Å². The van der Waals surface area contributed by atoms with Crippen LogP contribution < -0.4 is 5.32 Å². The minimum atomic E-state index is -0.0660. The second-order valence-electron chi connectivity index (χ2n) is 4.00. The molecule has 13 heavy (non-hydrogen) atoms. The summed E-state index contributed by atoms with van der Waals surface area (Å²) in [7, 11) is 2.02. The van der Waals surface area contributed by atoms with Crippen molar-refractivity contribution in [3.05, 3.63) is 0 Å². The molecule has 1 saturated heterocycles. The summed E-state index contributed by atoms with van der Waals surface area (Å²) < 4.78 is 0. The zero-order valence-electron chi connectivity index (χ0n) is 8.79. The zero-order valence-corrected chi connectivity index (χ0v) is 8.79. The van der Waals surface area contributed by atoms with Crippen LogP contribution in [-0.2, 0) is 0 Å². The van der Waals surface area contributed by atoms with E-state index in [0.717, 1.165) is 19.6 Å². The molecule has 78 valence electrons. The van der Waals surface area contributed by atoms with Gasteiger partial charge >= 0.3 is 0 Å². The molecule has 1 aliphatic rings. The summed E-state index contributed by atoms with van der Waals surface area (Å²) in [5, 5.41) is 12.4. The maximum atomic E-state index is 9.12. The lowest BCUT2D eigenvalue weighted by Crippen LogP contribution is -2.54. The molecule has 0 bridgehead atoms. The molecule has 1 rings (SSSR count). The Morgan fingerprint density at radius 2 is 2.23 bits per heavy atom. The first-order valence-electron chi connectivity index (χ1n) is 5.34. The second kappa shape index (κ2) is 5.58. The highest BCUT2D eigenvalue weighted by molar-refractivity contribution is 4.82. The van der Waals surface area contributed by atoms with E-state index in [1.807, 2.05) is 7.05 Å². The smallest absolute Gasteiger partial charge is 0.0793 e. The Bertz CT molecular complexity index is 135. The van der Waals surface area contributed by atoms with E-state index in [4.69, 9.17) is 5.11 Å². The van der Waals surface area contributed by atoms with Crippen LogP contribution in [-0.4, -0.2) is 48.8 Å². The number of nitrogens with one attached hydrogen (secondary N) is 1. The van der Waals surface area contributed by atoms with Gasteiger partial charge in [-0.1, -0.05) is 19.8 Å². The maximum absolute atomic E-state index is 9.12. The quantitative estimate of drug-likeness (QED) is 0.632. The number of hydrogen-bond donors (Lipinski definition) is 2. The van der Waals surface area contributed by atoms with Gasteiger partial charge in [0.2, 0.25) is 0 Å². The average molecular weight is 186 g/mol. The first-order chi connectivity index (χ1) is 6.26. The molecule has 0 aliphatic carbocycles. The molecule has 0 saturated carbocycles. The Morgan fingerprint density at radius 1 is 1.54 bits per heavy atom. The van der Waals surface area contributed by atoms with Crippen LogP contribution in [0.3, 0.4) is 0 Å². The van der Waals surface area contributed by atoms with Gasteiger partial charge in [-0.2, -0.15) is 0 Å². The number of likely N-dealkylation sites (N-methyl/N-ethyl adjacent to an activating group) is 1. The molecular formula is C10H22N2O. The van der Waals surface area contributed by atoms with Crippen molar-refractivity contribution in [3.63, 3.8) is 0 Å². The van der Waals surface area contributed by atoms with Gasteiger partial charge in [0.15, 0.2) is 0 Å². The number of unbranched alkanes of at least 4 members (excludes halogenated alkanes) is 1. The van der Waals surface area contributed by atoms with Gasteiger partial charge in [0, 0.05) is 25.7 Å². The summed E-state index contributed by atoms with van der Waals surface area (Å²) in [6.07, 6.45) is 3.74. The summed E-state index contributed by atoms with van der Waals surface area (Å²) in [6, 6.07) is 0.604. The fourth-order valence-corrected chi connectivity index (χ4v) is 1.78. The van der Waals surface area contributed by atoms with Gasteiger partial charge < -0.3 is 10.4 Å². The van der Waals surface area contributed by atoms with Crippen LogP contribution in [0.5, 0.6) is 0 Å². The third kappa shape index (κ3) is 3.63. The minimum Gasteiger partial charge on any atom is -0.390 e. The fourth-order valence-electron chi connectivity index (χ4n) is 1.78. The van der Waals surface area contributed by atoms with Crippen LogP contribution in [0.25, 0.3) is 0 Å². The highest BCUT2D eigenvalue weighted by atomic mass is 16.3. The lowest BCUT2D eigenvalue weighted by atomic mass is 10.1. The standard InChI is InChI=1S/C10H22N2O/c1-3-4-5-9(11-2)6-12-7-10(13)8-12/h9-11,13H,3-8H2,1-2H3/t9-/m0/s1. The number of β-amino-alcohol motifs (C(OH)–C–C–N with tert-alkyl or cyclic N) is 1. The van der Waals surface area contributed by atoms with Crippen molar-refractivity contribution in [1.82, 2.24) is 10.2 Å². The number of aliphatic hydroxyl groups excluding tert-OH is 1. The topological polar surface area (TPSA) is 35.5 Å². The highest BCUT2D eigenvalue weighted by Gasteiger charge is 2.25.